The number of ether oxygens (including phenoxy) is 2. The van der Waals surface area contributed by atoms with Crippen molar-refractivity contribution in [3.63, 3.8) is 0 Å². The van der Waals surface area contributed by atoms with Crippen LogP contribution in [0.4, 0.5) is 4.79 Å². The number of carbonyl (C=O) groups is 1. The molecule has 0 unspecified atom stereocenters. The second-order valence-corrected chi connectivity index (χ2v) is 5.42. The van der Waals surface area contributed by atoms with Gasteiger partial charge in [-0.3, -0.25) is 0 Å². The standard InChI is InChI=1S/C11H20N2O3.ClH/c1-11(2,3)16-10(14)13-6-9(7-13)15-8-4-12-5-8;/h8-9,12H,4-7H2,1-3H3;1H. The molecule has 0 aromatic heterocycles. The van der Waals surface area contributed by atoms with Crippen molar-refractivity contribution < 1.29 is 14.3 Å². The molecule has 2 aliphatic rings. The van der Waals surface area contributed by atoms with E-state index < -0.39 is 5.60 Å². The molecule has 1 amide bonds. The Morgan fingerprint density at radius 1 is 1.24 bits per heavy atom. The molecule has 0 radical (unpaired) electrons. The Balaban J connectivity index is 0.00000144. The van der Waals surface area contributed by atoms with Crippen LogP contribution in [0.1, 0.15) is 20.8 Å². The molecule has 0 aliphatic carbocycles. The molecule has 2 rings (SSSR count). The van der Waals surface area contributed by atoms with E-state index in [4.69, 9.17) is 9.47 Å². The highest BCUT2D eigenvalue weighted by Gasteiger charge is 2.36. The van der Waals surface area contributed by atoms with Gasteiger partial charge in [0.2, 0.25) is 0 Å². The average molecular weight is 265 g/mol. The van der Waals surface area contributed by atoms with E-state index in [-0.39, 0.29) is 24.6 Å². The van der Waals surface area contributed by atoms with Crippen LogP contribution >= 0.6 is 12.4 Å². The van der Waals surface area contributed by atoms with Gasteiger partial charge >= 0.3 is 6.09 Å². The quantitative estimate of drug-likeness (QED) is 0.809. The van der Waals surface area contributed by atoms with Crippen molar-refractivity contribution in [2.75, 3.05) is 26.2 Å². The SMILES string of the molecule is CC(C)(C)OC(=O)N1CC(OC2CNC2)C1.Cl. The highest BCUT2D eigenvalue weighted by molar-refractivity contribution is 5.85. The average Bonchev–Trinajstić information content (AvgIpc) is 1.93. The molecule has 2 aliphatic heterocycles. The summed E-state index contributed by atoms with van der Waals surface area (Å²) in [5.74, 6) is 0. The topological polar surface area (TPSA) is 50.8 Å². The summed E-state index contributed by atoms with van der Waals surface area (Å²) < 4.78 is 11.0. The van der Waals surface area contributed by atoms with Crippen molar-refractivity contribution in [1.82, 2.24) is 10.2 Å². The van der Waals surface area contributed by atoms with Gasteiger partial charge in [-0.15, -0.1) is 12.4 Å². The van der Waals surface area contributed by atoms with Crippen molar-refractivity contribution >= 4 is 18.5 Å². The molecule has 0 atom stereocenters. The Hall–Kier alpha value is -0.520. The Labute approximate surface area is 108 Å². The zero-order valence-electron chi connectivity index (χ0n) is 10.6. The first-order valence-corrected chi connectivity index (χ1v) is 5.78. The number of likely N-dealkylation sites (tertiary alicyclic amines) is 1. The molecule has 2 fully saturated rings. The van der Waals surface area contributed by atoms with Crippen LogP contribution in [-0.4, -0.2) is 55.0 Å². The van der Waals surface area contributed by atoms with Crippen LogP contribution < -0.4 is 5.32 Å². The number of nitrogens with one attached hydrogen (secondary N) is 1. The number of amides is 1. The second-order valence-electron chi connectivity index (χ2n) is 5.42. The predicted molar refractivity (Wildman–Crippen MR) is 66.6 cm³/mol. The first-order valence-electron chi connectivity index (χ1n) is 5.78. The monoisotopic (exact) mass is 264 g/mol. The molecule has 5 nitrogen and oxygen atoms in total. The molecular weight excluding hydrogens is 244 g/mol. The highest BCUT2D eigenvalue weighted by Crippen LogP contribution is 2.18. The van der Waals surface area contributed by atoms with Gasteiger partial charge in [0, 0.05) is 13.1 Å². The van der Waals surface area contributed by atoms with Crippen LogP contribution in [0.5, 0.6) is 0 Å². The Kier molecular flexibility index (Phi) is 4.63. The molecule has 0 saturated carbocycles. The Morgan fingerprint density at radius 2 is 1.82 bits per heavy atom. The number of halogens is 1. The summed E-state index contributed by atoms with van der Waals surface area (Å²) in [4.78, 5) is 13.3. The number of nitrogens with zero attached hydrogens (tertiary/aromatic N) is 1. The summed E-state index contributed by atoms with van der Waals surface area (Å²) in [6, 6.07) is 0. The van der Waals surface area contributed by atoms with Gasteiger partial charge in [-0.25, -0.2) is 4.79 Å². The smallest absolute Gasteiger partial charge is 0.410 e. The third kappa shape index (κ3) is 4.01. The highest BCUT2D eigenvalue weighted by atomic mass is 35.5. The second kappa shape index (κ2) is 5.42. The fourth-order valence-electron chi connectivity index (χ4n) is 1.63. The van der Waals surface area contributed by atoms with Gasteiger partial charge in [0.05, 0.1) is 25.3 Å². The molecular formula is C11H21ClN2O3. The van der Waals surface area contributed by atoms with Crippen LogP contribution in [0, 0.1) is 0 Å². The molecule has 0 aromatic rings. The number of hydrogen-bond donors (Lipinski definition) is 1. The zero-order valence-corrected chi connectivity index (χ0v) is 11.4. The van der Waals surface area contributed by atoms with Crippen molar-refractivity contribution in [3.05, 3.63) is 0 Å². The maximum Gasteiger partial charge on any atom is 0.410 e. The van der Waals surface area contributed by atoms with Crippen molar-refractivity contribution in [2.24, 2.45) is 0 Å². The van der Waals surface area contributed by atoms with Crippen LogP contribution in [0.2, 0.25) is 0 Å². The lowest BCUT2D eigenvalue weighted by Crippen LogP contribution is -2.60. The summed E-state index contributed by atoms with van der Waals surface area (Å²) in [5.41, 5.74) is -0.416. The minimum absolute atomic E-state index is 0. The largest absolute Gasteiger partial charge is 0.444 e. The summed E-state index contributed by atoms with van der Waals surface area (Å²) in [5, 5.41) is 3.15. The lowest BCUT2D eigenvalue weighted by molar-refractivity contribution is -0.105. The van der Waals surface area contributed by atoms with Crippen LogP contribution in [0.15, 0.2) is 0 Å². The molecule has 6 heteroatoms. The number of carbonyl (C=O) groups excluding carboxylic acids is 1. The molecule has 2 saturated heterocycles. The van der Waals surface area contributed by atoms with E-state index in [0.717, 1.165) is 13.1 Å². The van der Waals surface area contributed by atoms with Crippen molar-refractivity contribution in [1.29, 1.82) is 0 Å². The lowest BCUT2D eigenvalue weighted by Gasteiger charge is -2.42. The molecule has 1 N–H and O–H groups in total. The maximum absolute atomic E-state index is 11.6. The van der Waals surface area contributed by atoms with Crippen molar-refractivity contribution in [3.8, 4) is 0 Å². The summed E-state index contributed by atoms with van der Waals surface area (Å²) in [6.07, 6.45) is 0.296. The normalized spacial score (nSPS) is 21.2. The Bertz CT molecular complexity index is 270. The molecule has 100 valence electrons. The van der Waals surface area contributed by atoms with Crippen LogP contribution in [0.3, 0.4) is 0 Å². The van der Waals surface area contributed by atoms with Crippen molar-refractivity contribution in [2.45, 2.75) is 38.6 Å². The third-order valence-electron chi connectivity index (χ3n) is 2.63. The molecule has 2 heterocycles. The molecule has 0 aromatic carbocycles. The minimum atomic E-state index is -0.416. The van der Waals surface area contributed by atoms with Gasteiger partial charge in [0.25, 0.3) is 0 Å². The van der Waals surface area contributed by atoms with E-state index in [1.165, 1.54) is 0 Å². The minimum Gasteiger partial charge on any atom is -0.444 e. The number of hydrogen-bond acceptors (Lipinski definition) is 4. The van der Waals surface area contributed by atoms with E-state index in [0.29, 0.717) is 19.2 Å². The zero-order chi connectivity index (χ0) is 11.8. The lowest BCUT2D eigenvalue weighted by atomic mass is 10.1. The van der Waals surface area contributed by atoms with Crippen LogP contribution in [0.25, 0.3) is 0 Å². The summed E-state index contributed by atoms with van der Waals surface area (Å²) in [7, 11) is 0. The fourth-order valence-corrected chi connectivity index (χ4v) is 1.63. The number of rotatable bonds is 2. The first kappa shape index (κ1) is 14.5. The molecule has 0 spiro atoms. The summed E-state index contributed by atoms with van der Waals surface area (Å²) >= 11 is 0. The van der Waals surface area contributed by atoms with Gasteiger partial charge in [-0.05, 0) is 20.8 Å². The molecule has 0 bridgehead atoms. The van der Waals surface area contributed by atoms with Crippen LogP contribution in [-0.2, 0) is 9.47 Å². The van der Waals surface area contributed by atoms with Gasteiger partial charge in [0.1, 0.15) is 5.60 Å². The van der Waals surface area contributed by atoms with E-state index in [9.17, 15) is 4.79 Å². The fraction of sp³-hybridized carbons (Fsp3) is 0.909. The van der Waals surface area contributed by atoms with E-state index in [2.05, 4.69) is 5.32 Å². The first-order chi connectivity index (χ1) is 7.44. The summed E-state index contributed by atoms with van der Waals surface area (Å²) in [6.45, 7) is 8.80. The van der Waals surface area contributed by atoms with E-state index in [1.54, 1.807) is 4.90 Å². The van der Waals surface area contributed by atoms with Gasteiger partial charge in [-0.1, -0.05) is 0 Å². The van der Waals surface area contributed by atoms with E-state index in [1.807, 2.05) is 20.8 Å². The molecule has 17 heavy (non-hydrogen) atoms. The van der Waals surface area contributed by atoms with Gasteiger partial charge in [-0.2, -0.15) is 0 Å². The predicted octanol–water partition coefficient (Wildman–Crippen LogP) is 1.02. The maximum atomic E-state index is 11.6. The third-order valence-corrected chi connectivity index (χ3v) is 2.63. The van der Waals surface area contributed by atoms with Gasteiger partial charge in [0.15, 0.2) is 0 Å². The van der Waals surface area contributed by atoms with E-state index >= 15 is 0 Å². The Morgan fingerprint density at radius 3 is 2.24 bits per heavy atom. The van der Waals surface area contributed by atoms with Gasteiger partial charge < -0.3 is 19.7 Å².